The molecule has 108 valence electrons. The van der Waals surface area contributed by atoms with E-state index < -0.39 is 10.8 Å². The van der Waals surface area contributed by atoms with Crippen molar-refractivity contribution >= 4 is 33.3 Å². The zero-order valence-corrected chi connectivity index (χ0v) is 12.3. The van der Waals surface area contributed by atoms with Gasteiger partial charge in [0.2, 0.25) is 0 Å². The van der Waals surface area contributed by atoms with E-state index in [0.717, 1.165) is 0 Å². The third-order valence-electron chi connectivity index (χ3n) is 2.70. The first kappa shape index (κ1) is 14.9. The molecule has 2 aromatic rings. The molecule has 1 aromatic carbocycles. The molecule has 0 aliphatic heterocycles. The molecule has 21 heavy (non-hydrogen) atoms. The highest BCUT2D eigenvalue weighted by molar-refractivity contribution is 9.10. The maximum Gasteiger partial charge on any atom is 0.269 e. The van der Waals surface area contributed by atoms with E-state index in [9.17, 15) is 14.9 Å². The van der Waals surface area contributed by atoms with Crippen molar-refractivity contribution in [3.63, 3.8) is 0 Å². The van der Waals surface area contributed by atoms with Crippen LogP contribution in [0.2, 0.25) is 0 Å². The molecule has 0 radical (unpaired) electrons. The van der Waals surface area contributed by atoms with Gasteiger partial charge in [-0.2, -0.15) is 0 Å². The van der Waals surface area contributed by atoms with Crippen LogP contribution in [-0.4, -0.2) is 15.8 Å². The number of nitrogens with two attached hydrogens (primary N) is 1. The van der Waals surface area contributed by atoms with Crippen molar-refractivity contribution < 1.29 is 9.72 Å². The predicted molar refractivity (Wildman–Crippen MR) is 80.6 cm³/mol. The molecule has 0 aliphatic rings. The highest BCUT2D eigenvalue weighted by atomic mass is 79.9. The van der Waals surface area contributed by atoms with Crippen LogP contribution in [0, 0.1) is 10.1 Å². The minimum absolute atomic E-state index is 0.0228. The summed E-state index contributed by atoms with van der Waals surface area (Å²) in [4.78, 5) is 26.1. The summed E-state index contributed by atoms with van der Waals surface area (Å²) in [7, 11) is 0. The second-order valence-corrected chi connectivity index (χ2v) is 5.11. The van der Waals surface area contributed by atoms with Crippen molar-refractivity contribution in [3.05, 3.63) is 62.2 Å². The standard InChI is InChI=1S/C13H11BrN4O3/c14-9-5-11(12(15)16-7-9)13(19)17-6-8-2-1-3-10(4-8)18(20)21/h1-5,7H,6H2,(H2,15,16)(H,17,19). The van der Waals surface area contributed by atoms with Crippen LogP contribution in [0.1, 0.15) is 15.9 Å². The smallest absolute Gasteiger partial charge is 0.269 e. The Hall–Kier alpha value is -2.48. The topological polar surface area (TPSA) is 111 Å². The molecule has 0 spiro atoms. The number of benzene rings is 1. The largest absolute Gasteiger partial charge is 0.383 e. The van der Waals surface area contributed by atoms with Crippen molar-refractivity contribution in [1.82, 2.24) is 10.3 Å². The average Bonchev–Trinajstić information content (AvgIpc) is 2.47. The molecule has 0 saturated carbocycles. The molecule has 7 nitrogen and oxygen atoms in total. The van der Waals surface area contributed by atoms with Gasteiger partial charge in [-0.05, 0) is 27.6 Å². The van der Waals surface area contributed by atoms with Gasteiger partial charge in [0.15, 0.2) is 0 Å². The number of nitrogens with zero attached hydrogens (tertiary/aromatic N) is 2. The van der Waals surface area contributed by atoms with Gasteiger partial charge in [0.05, 0.1) is 10.5 Å². The van der Waals surface area contributed by atoms with Gasteiger partial charge in [0.1, 0.15) is 5.82 Å². The van der Waals surface area contributed by atoms with E-state index in [0.29, 0.717) is 10.0 Å². The number of non-ortho nitro benzene ring substituents is 1. The quantitative estimate of drug-likeness (QED) is 0.648. The van der Waals surface area contributed by atoms with Crippen LogP contribution in [-0.2, 0) is 6.54 Å². The molecule has 1 amide bonds. The number of nitro benzene ring substituents is 1. The van der Waals surface area contributed by atoms with Crippen molar-refractivity contribution in [1.29, 1.82) is 0 Å². The van der Waals surface area contributed by atoms with Crippen molar-refractivity contribution in [2.24, 2.45) is 0 Å². The lowest BCUT2D eigenvalue weighted by atomic mass is 10.2. The van der Waals surface area contributed by atoms with Gasteiger partial charge in [-0.3, -0.25) is 14.9 Å². The van der Waals surface area contributed by atoms with Crippen molar-refractivity contribution in [3.8, 4) is 0 Å². The summed E-state index contributed by atoms with van der Waals surface area (Å²) in [6.07, 6.45) is 1.49. The lowest BCUT2D eigenvalue weighted by Gasteiger charge is -2.07. The summed E-state index contributed by atoms with van der Waals surface area (Å²) >= 11 is 3.21. The van der Waals surface area contributed by atoms with Crippen LogP contribution in [0.25, 0.3) is 0 Å². The molecule has 1 heterocycles. The van der Waals surface area contributed by atoms with Crippen molar-refractivity contribution in [2.45, 2.75) is 6.54 Å². The molecular weight excluding hydrogens is 340 g/mol. The molecular formula is C13H11BrN4O3. The average molecular weight is 351 g/mol. The second kappa shape index (κ2) is 6.31. The number of nitrogen functional groups attached to an aromatic ring is 1. The molecule has 1 aromatic heterocycles. The number of hydrogen-bond acceptors (Lipinski definition) is 5. The first-order chi connectivity index (χ1) is 9.97. The number of rotatable bonds is 4. The number of halogens is 1. The van der Waals surface area contributed by atoms with Crippen LogP contribution in [0.4, 0.5) is 11.5 Å². The molecule has 0 atom stereocenters. The Balaban J connectivity index is 2.09. The Labute approximate surface area is 128 Å². The van der Waals surface area contributed by atoms with Crippen molar-refractivity contribution in [2.75, 3.05) is 5.73 Å². The number of pyridine rings is 1. The first-order valence-electron chi connectivity index (χ1n) is 5.90. The Kier molecular flexibility index (Phi) is 4.49. The molecule has 0 aliphatic carbocycles. The third-order valence-corrected chi connectivity index (χ3v) is 3.14. The maximum atomic E-state index is 12.0. The summed E-state index contributed by atoms with van der Waals surface area (Å²) in [5.41, 5.74) is 6.49. The Morgan fingerprint density at radius 1 is 1.43 bits per heavy atom. The lowest BCUT2D eigenvalue weighted by Crippen LogP contribution is -2.24. The monoisotopic (exact) mass is 350 g/mol. The number of hydrogen-bond donors (Lipinski definition) is 2. The summed E-state index contributed by atoms with van der Waals surface area (Å²) < 4.78 is 0.636. The van der Waals surface area contributed by atoms with Gasteiger partial charge >= 0.3 is 0 Å². The third kappa shape index (κ3) is 3.76. The van der Waals surface area contributed by atoms with Gasteiger partial charge in [0.25, 0.3) is 11.6 Å². The van der Waals surface area contributed by atoms with E-state index in [1.165, 1.54) is 18.3 Å². The fourth-order valence-electron chi connectivity index (χ4n) is 1.69. The first-order valence-corrected chi connectivity index (χ1v) is 6.69. The van der Waals surface area contributed by atoms with E-state index in [1.807, 2.05) is 0 Å². The normalized spacial score (nSPS) is 10.1. The van der Waals surface area contributed by atoms with Crippen LogP contribution in [0.15, 0.2) is 41.0 Å². The second-order valence-electron chi connectivity index (χ2n) is 4.20. The number of anilines is 1. The molecule has 0 bridgehead atoms. The number of carbonyl (C=O) groups excluding carboxylic acids is 1. The highest BCUT2D eigenvalue weighted by Gasteiger charge is 2.12. The minimum Gasteiger partial charge on any atom is -0.383 e. The minimum atomic E-state index is -0.485. The number of nitro groups is 1. The van der Waals surface area contributed by atoms with E-state index >= 15 is 0 Å². The summed E-state index contributed by atoms with van der Waals surface area (Å²) in [5.74, 6) is -0.275. The molecule has 3 N–H and O–H groups in total. The Morgan fingerprint density at radius 2 is 2.19 bits per heavy atom. The molecule has 0 unspecified atom stereocenters. The number of nitrogens with one attached hydrogen (secondary N) is 1. The van der Waals surface area contributed by atoms with Crippen LogP contribution >= 0.6 is 15.9 Å². The SMILES string of the molecule is Nc1ncc(Br)cc1C(=O)NCc1cccc([N+](=O)[O-])c1. The van der Waals surface area contributed by atoms with Gasteiger partial charge in [-0.1, -0.05) is 12.1 Å². The van der Waals surface area contributed by atoms with E-state index in [2.05, 4.69) is 26.2 Å². The van der Waals surface area contributed by atoms with Gasteiger partial charge in [0, 0.05) is 29.3 Å². The number of aromatic nitrogens is 1. The lowest BCUT2D eigenvalue weighted by molar-refractivity contribution is -0.384. The fraction of sp³-hybridized carbons (Fsp3) is 0.0769. The number of amides is 1. The predicted octanol–water partition coefficient (Wildman–Crippen LogP) is 2.26. The Bertz CT molecular complexity index is 706. The molecule has 0 fully saturated rings. The van der Waals surface area contributed by atoms with Gasteiger partial charge < -0.3 is 11.1 Å². The van der Waals surface area contributed by atoms with Gasteiger partial charge in [-0.25, -0.2) is 4.98 Å². The van der Waals surface area contributed by atoms with E-state index in [-0.39, 0.29) is 23.6 Å². The molecule has 8 heteroatoms. The summed E-state index contributed by atoms with van der Waals surface area (Å²) in [6, 6.07) is 7.61. The molecule has 2 rings (SSSR count). The van der Waals surface area contributed by atoms with E-state index in [4.69, 9.17) is 5.73 Å². The maximum absolute atomic E-state index is 12.0. The zero-order valence-electron chi connectivity index (χ0n) is 10.7. The highest BCUT2D eigenvalue weighted by Crippen LogP contribution is 2.16. The van der Waals surface area contributed by atoms with Crippen LogP contribution in [0.3, 0.4) is 0 Å². The fourth-order valence-corrected chi connectivity index (χ4v) is 2.02. The van der Waals surface area contributed by atoms with Crippen LogP contribution in [0.5, 0.6) is 0 Å². The molecule has 0 saturated heterocycles. The summed E-state index contributed by atoms with van der Waals surface area (Å²) in [5, 5.41) is 13.3. The van der Waals surface area contributed by atoms with Crippen LogP contribution < -0.4 is 11.1 Å². The number of carbonyl (C=O) groups is 1. The van der Waals surface area contributed by atoms with Gasteiger partial charge in [-0.15, -0.1) is 0 Å². The summed E-state index contributed by atoms with van der Waals surface area (Å²) in [6.45, 7) is 0.159. The van der Waals surface area contributed by atoms with E-state index in [1.54, 1.807) is 18.2 Å². The Morgan fingerprint density at radius 3 is 2.90 bits per heavy atom. The zero-order chi connectivity index (χ0) is 15.4.